The molecule has 0 saturated carbocycles. The van der Waals surface area contributed by atoms with Crippen molar-refractivity contribution in [1.82, 2.24) is 0 Å². The van der Waals surface area contributed by atoms with Gasteiger partial charge in [0.15, 0.2) is 5.82 Å². The molecule has 3 heteroatoms. The predicted molar refractivity (Wildman–Crippen MR) is 88.4 cm³/mol. The van der Waals surface area contributed by atoms with Crippen LogP contribution in [0.15, 0.2) is 48.5 Å². The second-order valence-electron chi connectivity index (χ2n) is 5.20. The summed E-state index contributed by atoms with van der Waals surface area (Å²) >= 11 is 5.86. The van der Waals surface area contributed by atoms with Crippen molar-refractivity contribution >= 4 is 17.3 Å². The number of unbranched alkanes of at least 4 members (excludes halogenated alkanes) is 2. The second-order valence-corrected chi connectivity index (χ2v) is 5.61. The van der Waals surface area contributed by atoms with Crippen molar-refractivity contribution in [3.05, 3.63) is 64.9 Å². The Balaban J connectivity index is 2.17. The molecule has 0 aliphatic rings. The zero-order chi connectivity index (χ0) is 15.1. The third-order valence-electron chi connectivity index (χ3n) is 3.58. The summed E-state index contributed by atoms with van der Waals surface area (Å²) in [4.78, 5) is 0. The molecule has 0 saturated heterocycles. The van der Waals surface area contributed by atoms with E-state index in [4.69, 9.17) is 11.6 Å². The first-order valence-electron chi connectivity index (χ1n) is 7.48. The number of hydrogen-bond acceptors (Lipinski definition) is 1. The molecule has 21 heavy (non-hydrogen) atoms. The quantitative estimate of drug-likeness (QED) is 0.599. The third kappa shape index (κ3) is 4.47. The van der Waals surface area contributed by atoms with Gasteiger partial charge in [-0.1, -0.05) is 74.2 Å². The molecule has 1 atom stereocenters. The van der Waals surface area contributed by atoms with Crippen LogP contribution in [0.1, 0.15) is 44.2 Å². The summed E-state index contributed by atoms with van der Waals surface area (Å²) in [5.41, 5.74) is 1.64. The molecule has 0 spiro atoms. The smallest absolute Gasteiger partial charge is 0.164 e. The Hall–Kier alpha value is -1.54. The molecule has 0 aliphatic heterocycles. The molecule has 0 aromatic heterocycles. The molecule has 1 unspecified atom stereocenters. The average molecular weight is 306 g/mol. The first kappa shape index (κ1) is 15.8. The van der Waals surface area contributed by atoms with Crippen molar-refractivity contribution in [3.8, 4) is 0 Å². The van der Waals surface area contributed by atoms with E-state index in [-0.39, 0.29) is 16.9 Å². The maximum Gasteiger partial charge on any atom is 0.164 e. The van der Waals surface area contributed by atoms with E-state index in [1.165, 1.54) is 18.4 Å². The fourth-order valence-corrected chi connectivity index (χ4v) is 2.58. The van der Waals surface area contributed by atoms with Crippen LogP contribution in [0.25, 0.3) is 0 Å². The summed E-state index contributed by atoms with van der Waals surface area (Å²) in [6.07, 6.45) is 4.45. The lowest BCUT2D eigenvalue weighted by atomic mass is 10.00. The Bertz CT molecular complexity index is 556. The van der Waals surface area contributed by atoms with Crippen LogP contribution in [0.4, 0.5) is 10.1 Å². The van der Waals surface area contributed by atoms with Crippen molar-refractivity contribution in [1.29, 1.82) is 0 Å². The summed E-state index contributed by atoms with van der Waals surface area (Å²) < 4.78 is 14.1. The molecule has 0 heterocycles. The molecule has 0 radical (unpaired) electrons. The van der Waals surface area contributed by atoms with Gasteiger partial charge in [-0.25, -0.2) is 4.39 Å². The first-order chi connectivity index (χ1) is 10.2. The highest BCUT2D eigenvalue weighted by molar-refractivity contribution is 6.31. The summed E-state index contributed by atoms with van der Waals surface area (Å²) in [7, 11) is 0. The second kappa shape index (κ2) is 8.04. The monoisotopic (exact) mass is 305 g/mol. The van der Waals surface area contributed by atoms with Crippen molar-refractivity contribution in [2.45, 2.75) is 38.6 Å². The third-order valence-corrected chi connectivity index (χ3v) is 3.87. The lowest BCUT2D eigenvalue weighted by molar-refractivity contribution is 0.593. The van der Waals surface area contributed by atoms with E-state index in [9.17, 15) is 4.39 Å². The van der Waals surface area contributed by atoms with Gasteiger partial charge in [0.1, 0.15) is 0 Å². The van der Waals surface area contributed by atoms with E-state index in [0.29, 0.717) is 5.69 Å². The standard InChI is InChI=1S/C18H21ClFN/c1-2-3-5-12-16(14-9-6-4-7-10-14)21-17-13-8-11-15(19)18(17)20/h4,6-11,13,16,21H,2-3,5,12H2,1H3. The van der Waals surface area contributed by atoms with E-state index in [0.717, 1.165) is 12.8 Å². The molecule has 112 valence electrons. The minimum Gasteiger partial charge on any atom is -0.376 e. The first-order valence-corrected chi connectivity index (χ1v) is 7.85. The summed E-state index contributed by atoms with van der Waals surface area (Å²) in [6, 6.07) is 15.3. The van der Waals surface area contributed by atoms with Crippen LogP contribution in [0.3, 0.4) is 0 Å². The minimum atomic E-state index is -0.379. The van der Waals surface area contributed by atoms with E-state index in [1.807, 2.05) is 18.2 Å². The van der Waals surface area contributed by atoms with Crippen LogP contribution in [0.2, 0.25) is 5.02 Å². The molecule has 0 fully saturated rings. The van der Waals surface area contributed by atoms with Crippen LogP contribution in [-0.4, -0.2) is 0 Å². The molecule has 1 nitrogen and oxygen atoms in total. The van der Waals surface area contributed by atoms with Crippen molar-refractivity contribution in [2.24, 2.45) is 0 Å². The summed E-state index contributed by atoms with van der Waals surface area (Å²) in [5.74, 6) is -0.379. The molecule has 0 bridgehead atoms. The normalized spacial score (nSPS) is 12.1. The summed E-state index contributed by atoms with van der Waals surface area (Å²) in [5, 5.41) is 3.46. The number of halogens is 2. The van der Waals surface area contributed by atoms with Crippen LogP contribution in [0.5, 0.6) is 0 Å². The Morgan fingerprint density at radius 2 is 1.81 bits per heavy atom. The van der Waals surface area contributed by atoms with Gasteiger partial charge in [0.25, 0.3) is 0 Å². The SMILES string of the molecule is CCCCCC(Nc1cccc(Cl)c1F)c1ccccc1. The van der Waals surface area contributed by atoms with Crippen molar-refractivity contribution in [2.75, 3.05) is 5.32 Å². The van der Waals surface area contributed by atoms with Gasteiger partial charge in [0, 0.05) is 0 Å². The van der Waals surface area contributed by atoms with Gasteiger partial charge < -0.3 is 5.32 Å². The lowest BCUT2D eigenvalue weighted by Crippen LogP contribution is -2.12. The van der Waals surface area contributed by atoms with Gasteiger partial charge in [-0.05, 0) is 24.1 Å². The van der Waals surface area contributed by atoms with Gasteiger partial charge in [-0.15, -0.1) is 0 Å². The molecular formula is C18H21ClFN. The van der Waals surface area contributed by atoms with Crippen LogP contribution >= 0.6 is 11.6 Å². The molecule has 1 N–H and O–H groups in total. The van der Waals surface area contributed by atoms with Gasteiger partial charge >= 0.3 is 0 Å². The predicted octanol–water partition coefficient (Wildman–Crippen LogP) is 6.21. The molecular weight excluding hydrogens is 285 g/mol. The Morgan fingerprint density at radius 3 is 2.52 bits per heavy atom. The largest absolute Gasteiger partial charge is 0.376 e. The van der Waals surface area contributed by atoms with E-state index in [1.54, 1.807) is 18.2 Å². The van der Waals surface area contributed by atoms with Gasteiger partial charge in [-0.2, -0.15) is 0 Å². The molecule has 2 aromatic rings. The van der Waals surface area contributed by atoms with Gasteiger partial charge in [-0.3, -0.25) is 0 Å². The number of nitrogens with one attached hydrogen (secondary N) is 1. The topological polar surface area (TPSA) is 12.0 Å². The molecule has 2 aromatic carbocycles. The van der Waals surface area contributed by atoms with Crippen molar-refractivity contribution in [3.63, 3.8) is 0 Å². The maximum atomic E-state index is 14.1. The molecule has 2 rings (SSSR count). The van der Waals surface area contributed by atoms with E-state index >= 15 is 0 Å². The van der Waals surface area contributed by atoms with Gasteiger partial charge in [0.05, 0.1) is 16.8 Å². The minimum absolute atomic E-state index is 0.103. The van der Waals surface area contributed by atoms with Gasteiger partial charge in [0.2, 0.25) is 0 Å². The number of rotatable bonds is 7. The highest BCUT2D eigenvalue weighted by Gasteiger charge is 2.14. The Kier molecular flexibility index (Phi) is 6.06. The maximum absolute atomic E-state index is 14.1. The highest BCUT2D eigenvalue weighted by Crippen LogP contribution is 2.29. The average Bonchev–Trinajstić information content (AvgIpc) is 2.51. The number of hydrogen-bond donors (Lipinski definition) is 1. The summed E-state index contributed by atoms with van der Waals surface area (Å²) in [6.45, 7) is 2.18. The Morgan fingerprint density at radius 1 is 1.05 bits per heavy atom. The fraction of sp³-hybridized carbons (Fsp3) is 0.333. The number of anilines is 1. The fourth-order valence-electron chi connectivity index (χ4n) is 2.41. The molecule has 0 amide bonds. The van der Waals surface area contributed by atoms with E-state index < -0.39 is 0 Å². The van der Waals surface area contributed by atoms with Crippen LogP contribution in [-0.2, 0) is 0 Å². The van der Waals surface area contributed by atoms with Crippen molar-refractivity contribution < 1.29 is 4.39 Å². The zero-order valence-electron chi connectivity index (χ0n) is 12.3. The molecule has 0 aliphatic carbocycles. The number of benzene rings is 2. The highest BCUT2D eigenvalue weighted by atomic mass is 35.5. The Labute approximate surface area is 131 Å². The van der Waals surface area contributed by atoms with Crippen LogP contribution < -0.4 is 5.32 Å². The van der Waals surface area contributed by atoms with E-state index in [2.05, 4.69) is 24.4 Å². The lowest BCUT2D eigenvalue weighted by Gasteiger charge is -2.21. The van der Waals surface area contributed by atoms with Crippen LogP contribution in [0, 0.1) is 5.82 Å². The zero-order valence-corrected chi connectivity index (χ0v) is 13.0.